The number of nitrogens with one attached hydrogen (secondary N) is 1. The van der Waals surface area contributed by atoms with E-state index in [-0.39, 0.29) is 6.61 Å². The molecule has 0 unspecified atom stereocenters. The van der Waals surface area contributed by atoms with E-state index in [4.69, 9.17) is 4.74 Å². The molecule has 1 aromatic heterocycles. The lowest BCUT2D eigenvalue weighted by atomic mass is 10.2. The maximum Gasteiger partial charge on any atom is 0.416 e. The lowest BCUT2D eigenvalue weighted by molar-refractivity contribution is -0.137. The summed E-state index contributed by atoms with van der Waals surface area (Å²) < 4.78 is 43.3. The number of guanidine groups is 1. The molecule has 7 nitrogen and oxygen atoms in total. The molecule has 1 fully saturated rings. The van der Waals surface area contributed by atoms with Gasteiger partial charge in [0.1, 0.15) is 12.4 Å². The maximum atomic E-state index is 12.6. The van der Waals surface area contributed by atoms with Gasteiger partial charge in [0.05, 0.1) is 12.1 Å². The summed E-state index contributed by atoms with van der Waals surface area (Å²) in [5.41, 5.74) is -0.692. The number of rotatable bonds is 6. The highest BCUT2D eigenvalue weighted by atomic mass is 19.4. The molecule has 3 rings (SSSR count). The van der Waals surface area contributed by atoms with Crippen LogP contribution >= 0.6 is 0 Å². The first-order valence-corrected chi connectivity index (χ1v) is 9.82. The fourth-order valence-corrected chi connectivity index (χ4v) is 3.05. The van der Waals surface area contributed by atoms with Crippen molar-refractivity contribution < 1.29 is 17.9 Å². The summed E-state index contributed by atoms with van der Waals surface area (Å²) in [5.74, 6) is 1.91. The van der Waals surface area contributed by atoms with Gasteiger partial charge in [0.2, 0.25) is 5.95 Å². The zero-order valence-corrected chi connectivity index (χ0v) is 16.8. The summed E-state index contributed by atoms with van der Waals surface area (Å²) in [6.45, 7) is 6.55. The van der Waals surface area contributed by atoms with Gasteiger partial charge in [0.25, 0.3) is 0 Å². The molecule has 30 heavy (non-hydrogen) atoms. The van der Waals surface area contributed by atoms with Crippen LogP contribution in [0.3, 0.4) is 0 Å². The highest BCUT2D eigenvalue weighted by Gasteiger charge is 2.30. The van der Waals surface area contributed by atoms with Gasteiger partial charge in [0.15, 0.2) is 5.96 Å². The first-order chi connectivity index (χ1) is 14.5. The topological polar surface area (TPSA) is 65.9 Å². The monoisotopic (exact) mass is 422 g/mol. The molecule has 2 aromatic rings. The van der Waals surface area contributed by atoms with Crippen LogP contribution in [-0.2, 0) is 6.18 Å². The Hall–Kier alpha value is -3.04. The molecule has 0 radical (unpaired) electrons. The van der Waals surface area contributed by atoms with Crippen molar-refractivity contribution >= 4 is 11.9 Å². The van der Waals surface area contributed by atoms with Crippen LogP contribution in [-0.4, -0.2) is 66.7 Å². The van der Waals surface area contributed by atoms with E-state index in [1.165, 1.54) is 12.1 Å². The number of alkyl halides is 3. The van der Waals surface area contributed by atoms with E-state index in [0.717, 1.165) is 56.8 Å². The average molecular weight is 422 g/mol. The van der Waals surface area contributed by atoms with E-state index in [1.807, 2.05) is 6.92 Å². The van der Waals surface area contributed by atoms with Crippen molar-refractivity contribution in [3.8, 4) is 5.75 Å². The second kappa shape index (κ2) is 10.1. The summed E-state index contributed by atoms with van der Waals surface area (Å²) in [6, 6.07) is 6.46. The first-order valence-electron chi connectivity index (χ1n) is 9.82. The van der Waals surface area contributed by atoms with Gasteiger partial charge in [-0.15, -0.1) is 0 Å². The van der Waals surface area contributed by atoms with Crippen LogP contribution in [0.25, 0.3) is 0 Å². The molecule has 1 saturated heterocycles. The molecule has 1 aromatic carbocycles. The van der Waals surface area contributed by atoms with E-state index >= 15 is 0 Å². The molecule has 0 bridgehead atoms. The Morgan fingerprint density at radius 2 is 1.77 bits per heavy atom. The van der Waals surface area contributed by atoms with Crippen molar-refractivity contribution in [1.82, 2.24) is 20.2 Å². The number of ether oxygens (including phenoxy) is 1. The van der Waals surface area contributed by atoms with E-state index in [2.05, 4.69) is 30.1 Å². The molecular weight excluding hydrogens is 397 g/mol. The van der Waals surface area contributed by atoms with Crippen molar-refractivity contribution in [3.05, 3.63) is 48.3 Å². The Morgan fingerprint density at radius 3 is 2.37 bits per heavy atom. The number of hydrogen-bond donors (Lipinski definition) is 1. The van der Waals surface area contributed by atoms with Crippen LogP contribution < -0.4 is 15.0 Å². The van der Waals surface area contributed by atoms with Crippen LogP contribution in [0, 0.1) is 0 Å². The van der Waals surface area contributed by atoms with Crippen molar-refractivity contribution in [1.29, 1.82) is 0 Å². The third-order valence-electron chi connectivity index (χ3n) is 4.55. The number of aliphatic imine (C=N–C) groups is 1. The molecule has 0 aliphatic carbocycles. The number of nitrogens with zero attached hydrogens (tertiary/aromatic N) is 5. The van der Waals surface area contributed by atoms with Crippen molar-refractivity contribution in [2.75, 3.05) is 50.8 Å². The Bertz CT molecular complexity index is 806. The minimum absolute atomic E-state index is 0.276. The summed E-state index contributed by atoms with van der Waals surface area (Å²) in [5, 5.41) is 3.28. The zero-order valence-electron chi connectivity index (χ0n) is 16.8. The number of piperazine rings is 1. The van der Waals surface area contributed by atoms with Gasteiger partial charge in [0, 0.05) is 45.1 Å². The highest BCUT2D eigenvalue weighted by Crippen LogP contribution is 2.30. The zero-order chi connectivity index (χ0) is 21.4. The second-order valence-corrected chi connectivity index (χ2v) is 6.63. The molecule has 2 heterocycles. The molecule has 0 spiro atoms. The third kappa shape index (κ3) is 5.98. The lowest BCUT2D eigenvalue weighted by Crippen LogP contribution is -2.53. The quantitative estimate of drug-likeness (QED) is 0.439. The molecule has 0 amide bonds. The highest BCUT2D eigenvalue weighted by molar-refractivity contribution is 5.80. The smallest absolute Gasteiger partial charge is 0.416 e. The standard InChI is InChI=1S/C20H25F3N6O/c1-2-24-18(28-11-13-29(14-12-28)19-25-8-3-9-26-19)27-10-15-30-17-6-4-16(5-7-17)20(21,22)23/h3-9H,2,10-15H2,1H3,(H,24,27). The first kappa shape index (κ1) is 21.7. The molecule has 0 saturated carbocycles. The predicted octanol–water partition coefficient (Wildman–Crippen LogP) is 2.66. The van der Waals surface area contributed by atoms with Crippen LogP contribution in [0.4, 0.5) is 19.1 Å². The maximum absolute atomic E-state index is 12.6. The minimum Gasteiger partial charge on any atom is -0.492 e. The van der Waals surface area contributed by atoms with E-state index in [1.54, 1.807) is 18.5 Å². The van der Waals surface area contributed by atoms with Gasteiger partial charge < -0.3 is 19.9 Å². The Balaban J connectivity index is 1.49. The Morgan fingerprint density at radius 1 is 1.10 bits per heavy atom. The van der Waals surface area contributed by atoms with Gasteiger partial charge in [-0.1, -0.05) is 0 Å². The van der Waals surface area contributed by atoms with Crippen molar-refractivity contribution in [2.45, 2.75) is 13.1 Å². The second-order valence-electron chi connectivity index (χ2n) is 6.63. The summed E-state index contributed by atoms with van der Waals surface area (Å²) in [4.78, 5) is 17.5. The fraction of sp³-hybridized carbons (Fsp3) is 0.450. The average Bonchev–Trinajstić information content (AvgIpc) is 2.76. The number of aromatic nitrogens is 2. The van der Waals surface area contributed by atoms with Gasteiger partial charge in [-0.25, -0.2) is 15.0 Å². The molecule has 1 aliphatic heterocycles. The lowest BCUT2D eigenvalue weighted by Gasteiger charge is -2.36. The summed E-state index contributed by atoms with van der Waals surface area (Å²) in [7, 11) is 0. The molecule has 10 heteroatoms. The van der Waals surface area contributed by atoms with Crippen LogP contribution in [0.15, 0.2) is 47.7 Å². The van der Waals surface area contributed by atoms with E-state index in [9.17, 15) is 13.2 Å². The van der Waals surface area contributed by atoms with Gasteiger partial charge in [-0.2, -0.15) is 13.2 Å². The van der Waals surface area contributed by atoms with Crippen LogP contribution in [0.2, 0.25) is 0 Å². The molecule has 162 valence electrons. The Labute approximate surface area is 173 Å². The van der Waals surface area contributed by atoms with Gasteiger partial charge in [-0.05, 0) is 37.3 Å². The number of benzene rings is 1. The normalized spacial score (nSPS) is 15.3. The minimum atomic E-state index is -4.35. The van der Waals surface area contributed by atoms with E-state index < -0.39 is 11.7 Å². The molecular formula is C20H25F3N6O. The SMILES string of the molecule is CCNC(=NCCOc1ccc(C(F)(F)F)cc1)N1CCN(c2ncccn2)CC1. The van der Waals surface area contributed by atoms with Crippen molar-refractivity contribution in [2.24, 2.45) is 4.99 Å². The van der Waals surface area contributed by atoms with Crippen LogP contribution in [0.5, 0.6) is 5.75 Å². The largest absolute Gasteiger partial charge is 0.492 e. The molecule has 1 N–H and O–H groups in total. The molecule has 0 atom stereocenters. The molecule has 1 aliphatic rings. The fourth-order valence-electron chi connectivity index (χ4n) is 3.05. The number of hydrogen-bond acceptors (Lipinski definition) is 5. The van der Waals surface area contributed by atoms with Gasteiger partial charge >= 0.3 is 6.18 Å². The van der Waals surface area contributed by atoms with Crippen LogP contribution in [0.1, 0.15) is 12.5 Å². The predicted molar refractivity (Wildman–Crippen MR) is 109 cm³/mol. The Kier molecular flexibility index (Phi) is 7.31. The van der Waals surface area contributed by atoms with E-state index in [0.29, 0.717) is 12.3 Å². The van der Waals surface area contributed by atoms with Gasteiger partial charge in [-0.3, -0.25) is 0 Å². The number of anilines is 1. The summed E-state index contributed by atoms with van der Waals surface area (Å²) in [6.07, 6.45) is -0.881. The summed E-state index contributed by atoms with van der Waals surface area (Å²) >= 11 is 0. The number of halogens is 3. The third-order valence-corrected chi connectivity index (χ3v) is 4.55. The van der Waals surface area contributed by atoms with Crippen molar-refractivity contribution in [3.63, 3.8) is 0 Å².